The molecule has 2 aromatic rings. The van der Waals surface area contributed by atoms with Crippen LogP contribution in [0, 0.1) is 0 Å². The molecule has 1 heterocycles. The summed E-state index contributed by atoms with van der Waals surface area (Å²) in [5, 5.41) is 0. The molecule has 1 aliphatic heterocycles. The van der Waals surface area contributed by atoms with Crippen molar-refractivity contribution in [2.75, 3.05) is 35.5 Å². The van der Waals surface area contributed by atoms with Crippen molar-refractivity contribution in [1.82, 2.24) is 0 Å². The highest BCUT2D eigenvalue weighted by Crippen LogP contribution is 2.44. The molecule has 2 aromatic carbocycles. The molecule has 3 rings (SSSR count). The molecular weight excluding hydrogens is 370 g/mol. The van der Waals surface area contributed by atoms with Crippen LogP contribution in [0.15, 0.2) is 53.6 Å². The van der Waals surface area contributed by atoms with Crippen molar-refractivity contribution in [3.05, 3.63) is 59.7 Å². The zero-order valence-electron chi connectivity index (χ0n) is 17.3. The van der Waals surface area contributed by atoms with Gasteiger partial charge in [-0.05, 0) is 47.0 Å². The Bertz CT molecular complexity index is 937. The Labute approximate surface area is 171 Å². The summed E-state index contributed by atoms with van der Waals surface area (Å²) in [5.74, 6) is 3.05. The van der Waals surface area contributed by atoms with E-state index in [0.29, 0.717) is 28.7 Å². The van der Waals surface area contributed by atoms with Crippen molar-refractivity contribution in [2.45, 2.75) is 6.04 Å². The Balaban J connectivity index is 2.13. The zero-order chi connectivity index (χ0) is 20.8. The molecule has 1 aliphatic rings. The van der Waals surface area contributed by atoms with Crippen LogP contribution in [0.4, 0.5) is 0 Å². The summed E-state index contributed by atoms with van der Waals surface area (Å²) in [6.07, 6.45) is 7.70. The van der Waals surface area contributed by atoms with E-state index < -0.39 is 0 Å². The Morgan fingerprint density at radius 3 is 1.93 bits per heavy atom. The number of benzene rings is 2. The van der Waals surface area contributed by atoms with Crippen LogP contribution < -0.4 is 23.7 Å². The topological polar surface area (TPSA) is 58.5 Å². The van der Waals surface area contributed by atoms with Crippen LogP contribution in [0.1, 0.15) is 17.2 Å². The van der Waals surface area contributed by atoms with Gasteiger partial charge in [0.2, 0.25) is 5.75 Å². The molecule has 0 saturated heterocycles. The summed E-state index contributed by atoms with van der Waals surface area (Å²) in [6.45, 7) is 0. The quantitative estimate of drug-likeness (QED) is 0.691. The van der Waals surface area contributed by atoms with E-state index in [4.69, 9.17) is 28.7 Å². The maximum Gasteiger partial charge on any atom is 0.203 e. The van der Waals surface area contributed by atoms with Gasteiger partial charge in [-0.2, -0.15) is 0 Å². The molecule has 0 bridgehead atoms. The third kappa shape index (κ3) is 4.06. The van der Waals surface area contributed by atoms with E-state index in [-0.39, 0.29) is 6.04 Å². The predicted molar refractivity (Wildman–Crippen MR) is 114 cm³/mol. The van der Waals surface area contributed by atoms with Gasteiger partial charge in [-0.1, -0.05) is 18.2 Å². The van der Waals surface area contributed by atoms with E-state index in [1.807, 2.05) is 48.6 Å². The summed E-state index contributed by atoms with van der Waals surface area (Å²) >= 11 is 0. The molecule has 0 radical (unpaired) electrons. The third-order valence-corrected chi connectivity index (χ3v) is 4.72. The average molecular weight is 395 g/mol. The SMILES string of the molecule is COc1ccc(C2=CC=CC=NC2c2cc(OC)c(OC)c(OC)c2)cc1OC. The van der Waals surface area contributed by atoms with Crippen molar-refractivity contribution in [3.63, 3.8) is 0 Å². The molecule has 0 fully saturated rings. The molecule has 0 aliphatic carbocycles. The second kappa shape index (κ2) is 9.19. The smallest absolute Gasteiger partial charge is 0.203 e. The molecule has 0 amide bonds. The Morgan fingerprint density at radius 1 is 0.690 bits per heavy atom. The van der Waals surface area contributed by atoms with Crippen LogP contribution >= 0.6 is 0 Å². The molecule has 29 heavy (non-hydrogen) atoms. The van der Waals surface area contributed by atoms with Crippen molar-refractivity contribution in [2.24, 2.45) is 4.99 Å². The fraction of sp³-hybridized carbons (Fsp3) is 0.261. The van der Waals surface area contributed by atoms with Gasteiger partial charge in [-0.25, -0.2) is 0 Å². The van der Waals surface area contributed by atoms with E-state index >= 15 is 0 Å². The van der Waals surface area contributed by atoms with Crippen LogP contribution in [0.5, 0.6) is 28.7 Å². The van der Waals surface area contributed by atoms with Gasteiger partial charge in [0, 0.05) is 6.21 Å². The molecule has 152 valence electrons. The highest BCUT2D eigenvalue weighted by molar-refractivity contribution is 5.82. The fourth-order valence-electron chi connectivity index (χ4n) is 3.31. The Hall–Kier alpha value is -3.41. The molecule has 0 saturated carbocycles. The van der Waals surface area contributed by atoms with Crippen LogP contribution in [-0.4, -0.2) is 41.8 Å². The van der Waals surface area contributed by atoms with Crippen LogP contribution in [-0.2, 0) is 0 Å². The number of methoxy groups -OCH3 is 5. The predicted octanol–water partition coefficient (Wildman–Crippen LogP) is 4.49. The standard InChI is InChI=1S/C23H25NO5/c1-25-18-10-9-15(12-19(18)26-2)17-8-6-7-11-24-22(17)16-13-20(27-3)23(29-5)21(14-16)28-4/h6-14,22H,1-5H3. The number of nitrogens with zero attached hydrogens (tertiary/aromatic N) is 1. The molecule has 0 aromatic heterocycles. The average Bonchev–Trinajstić information content (AvgIpc) is 3.03. The van der Waals surface area contributed by atoms with Crippen molar-refractivity contribution in [1.29, 1.82) is 0 Å². The highest BCUT2D eigenvalue weighted by atomic mass is 16.5. The first-order valence-corrected chi connectivity index (χ1v) is 9.09. The minimum absolute atomic E-state index is 0.267. The third-order valence-electron chi connectivity index (χ3n) is 4.72. The molecule has 6 nitrogen and oxygen atoms in total. The number of hydrogen-bond donors (Lipinski definition) is 0. The number of ether oxygens (including phenoxy) is 5. The van der Waals surface area contributed by atoms with E-state index in [9.17, 15) is 0 Å². The summed E-state index contributed by atoms with van der Waals surface area (Å²) in [7, 11) is 8.03. The molecular formula is C23H25NO5. The summed E-state index contributed by atoms with van der Waals surface area (Å²) < 4.78 is 27.3. The van der Waals surface area contributed by atoms with Gasteiger partial charge in [0.05, 0.1) is 35.5 Å². The van der Waals surface area contributed by atoms with Gasteiger partial charge in [0.15, 0.2) is 23.0 Å². The molecule has 1 atom stereocenters. The lowest BCUT2D eigenvalue weighted by molar-refractivity contribution is 0.323. The van der Waals surface area contributed by atoms with Gasteiger partial charge in [0.1, 0.15) is 6.04 Å². The highest BCUT2D eigenvalue weighted by Gasteiger charge is 2.23. The van der Waals surface area contributed by atoms with E-state index in [1.54, 1.807) is 41.8 Å². The maximum absolute atomic E-state index is 5.52. The monoisotopic (exact) mass is 395 g/mol. The zero-order valence-corrected chi connectivity index (χ0v) is 17.3. The van der Waals surface area contributed by atoms with Crippen LogP contribution in [0.2, 0.25) is 0 Å². The number of hydrogen-bond acceptors (Lipinski definition) is 6. The van der Waals surface area contributed by atoms with E-state index in [1.165, 1.54) is 0 Å². The van der Waals surface area contributed by atoms with E-state index in [0.717, 1.165) is 16.7 Å². The van der Waals surface area contributed by atoms with Crippen molar-refractivity contribution in [3.8, 4) is 28.7 Å². The van der Waals surface area contributed by atoms with Gasteiger partial charge < -0.3 is 23.7 Å². The van der Waals surface area contributed by atoms with Crippen molar-refractivity contribution >= 4 is 11.8 Å². The Kier molecular flexibility index (Phi) is 6.44. The number of allylic oxidation sites excluding steroid dienone is 3. The first-order chi connectivity index (χ1) is 14.2. The minimum Gasteiger partial charge on any atom is -0.493 e. The molecule has 6 heteroatoms. The second-order valence-electron chi connectivity index (χ2n) is 6.24. The van der Waals surface area contributed by atoms with Crippen LogP contribution in [0.3, 0.4) is 0 Å². The normalized spacial score (nSPS) is 15.3. The van der Waals surface area contributed by atoms with E-state index in [2.05, 4.69) is 0 Å². The Morgan fingerprint density at radius 2 is 1.34 bits per heavy atom. The first-order valence-electron chi connectivity index (χ1n) is 9.09. The second-order valence-corrected chi connectivity index (χ2v) is 6.24. The van der Waals surface area contributed by atoms with Gasteiger partial charge in [0.25, 0.3) is 0 Å². The summed E-state index contributed by atoms with van der Waals surface area (Å²) in [5.41, 5.74) is 2.90. The summed E-state index contributed by atoms with van der Waals surface area (Å²) in [4.78, 5) is 4.75. The van der Waals surface area contributed by atoms with Crippen molar-refractivity contribution < 1.29 is 23.7 Å². The molecule has 1 unspecified atom stereocenters. The maximum atomic E-state index is 5.52. The molecule has 0 N–H and O–H groups in total. The van der Waals surface area contributed by atoms with Gasteiger partial charge in [-0.15, -0.1) is 0 Å². The minimum atomic E-state index is -0.267. The lowest BCUT2D eigenvalue weighted by Gasteiger charge is -2.21. The summed E-state index contributed by atoms with van der Waals surface area (Å²) in [6, 6.07) is 9.40. The number of aliphatic imine (C=N–C) groups is 1. The van der Waals surface area contributed by atoms with Gasteiger partial charge in [-0.3, -0.25) is 4.99 Å². The van der Waals surface area contributed by atoms with Crippen LogP contribution in [0.25, 0.3) is 5.57 Å². The number of rotatable bonds is 7. The fourth-order valence-corrected chi connectivity index (χ4v) is 3.31. The lowest BCUT2D eigenvalue weighted by Crippen LogP contribution is -2.03. The van der Waals surface area contributed by atoms with Gasteiger partial charge >= 0.3 is 0 Å². The lowest BCUT2D eigenvalue weighted by atomic mass is 9.92. The first kappa shape index (κ1) is 20.3. The molecule has 0 spiro atoms. The largest absolute Gasteiger partial charge is 0.493 e.